The van der Waals surface area contributed by atoms with Crippen molar-refractivity contribution in [3.8, 4) is 23.0 Å². The first-order chi connectivity index (χ1) is 12.0. The molecule has 1 aliphatic heterocycles. The first-order valence-electron chi connectivity index (χ1n) is 7.47. The molecule has 1 aliphatic rings. The molecule has 7 heteroatoms. The number of allylic oxidation sites excluding steroid dienone is 1. The number of benzene rings is 2. The number of hydrogen-bond donors (Lipinski definition) is 1. The molecule has 1 heterocycles. The monoisotopic (exact) mass is 348 g/mol. The highest BCUT2D eigenvalue weighted by molar-refractivity contribution is 6.14. The second kappa shape index (κ2) is 6.80. The van der Waals surface area contributed by atoms with Gasteiger partial charge in [0.1, 0.15) is 11.5 Å². The lowest BCUT2D eigenvalue weighted by Gasteiger charge is -2.11. The lowest BCUT2D eigenvalue weighted by molar-refractivity contribution is -0.0514. The molecule has 0 saturated heterocycles. The van der Waals surface area contributed by atoms with Crippen LogP contribution >= 0.6 is 0 Å². The topological polar surface area (TPSA) is 65.0 Å². The van der Waals surface area contributed by atoms with E-state index in [-0.39, 0.29) is 41.1 Å². The molecule has 0 amide bonds. The fourth-order valence-corrected chi connectivity index (χ4v) is 2.40. The van der Waals surface area contributed by atoms with Crippen molar-refractivity contribution in [3.63, 3.8) is 0 Å². The molecule has 2 aromatic rings. The second-order valence-corrected chi connectivity index (χ2v) is 5.14. The molecule has 0 radical (unpaired) electrons. The molecule has 0 saturated carbocycles. The number of aromatic hydroxyl groups is 1. The number of ether oxygens (including phenoxy) is 3. The number of Topliss-reactive ketones (excluding diaryl/α,β-unsaturated/α-hetero) is 1. The zero-order valence-corrected chi connectivity index (χ0v) is 13.2. The van der Waals surface area contributed by atoms with Crippen LogP contribution in [0.4, 0.5) is 8.78 Å². The van der Waals surface area contributed by atoms with Gasteiger partial charge in [-0.25, -0.2) is 0 Å². The molecular weight excluding hydrogens is 334 g/mol. The lowest BCUT2D eigenvalue weighted by atomic mass is 10.1. The van der Waals surface area contributed by atoms with Crippen molar-refractivity contribution in [2.75, 3.05) is 6.61 Å². The Morgan fingerprint density at radius 1 is 1.20 bits per heavy atom. The van der Waals surface area contributed by atoms with Gasteiger partial charge < -0.3 is 19.3 Å². The molecule has 0 aliphatic carbocycles. The lowest BCUT2D eigenvalue weighted by Crippen LogP contribution is -2.05. The predicted molar refractivity (Wildman–Crippen MR) is 85.3 cm³/mol. The van der Waals surface area contributed by atoms with E-state index in [0.29, 0.717) is 11.1 Å². The van der Waals surface area contributed by atoms with Gasteiger partial charge in [-0.3, -0.25) is 4.79 Å². The van der Waals surface area contributed by atoms with Crippen LogP contribution in [0.2, 0.25) is 0 Å². The normalized spacial score (nSPS) is 14.6. The van der Waals surface area contributed by atoms with E-state index in [1.165, 1.54) is 42.5 Å². The van der Waals surface area contributed by atoms with Gasteiger partial charge in [0.05, 0.1) is 12.2 Å². The molecule has 0 atom stereocenters. The van der Waals surface area contributed by atoms with Gasteiger partial charge in [0, 0.05) is 6.07 Å². The molecule has 0 fully saturated rings. The highest BCUT2D eigenvalue weighted by Crippen LogP contribution is 2.35. The maximum atomic E-state index is 12.4. The van der Waals surface area contributed by atoms with Gasteiger partial charge >= 0.3 is 6.61 Å². The van der Waals surface area contributed by atoms with Gasteiger partial charge in [-0.15, -0.1) is 0 Å². The maximum Gasteiger partial charge on any atom is 0.387 e. The predicted octanol–water partition coefficient (Wildman–Crippen LogP) is 4.01. The standard InChI is InChI=1S/C18H14F2O5/c1-2-23-15-7-10(3-6-13(15)25-18(19)20)8-16-17(22)12-5-4-11(21)9-14(12)24-16/h3-9,18,21H,2H2,1H3. The number of fused-ring (bicyclic) bond motifs is 1. The molecule has 0 unspecified atom stereocenters. The first-order valence-corrected chi connectivity index (χ1v) is 7.47. The number of ketones is 1. The van der Waals surface area contributed by atoms with Crippen LogP contribution in [0.5, 0.6) is 23.0 Å². The van der Waals surface area contributed by atoms with Crippen LogP contribution in [-0.4, -0.2) is 24.1 Å². The first kappa shape index (κ1) is 16.8. The van der Waals surface area contributed by atoms with Gasteiger partial charge in [-0.1, -0.05) is 6.07 Å². The van der Waals surface area contributed by atoms with E-state index in [2.05, 4.69) is 4.74 Å². The Kier molecular flexibility index (Phi) is 4.56. The molecule has 5 nitrogen and oxygen atoms in total. The van der Waals surface area contributed by atoms with Crippen molar-refractivity contribution in [1.29, 1.82) is 0 Å². The fraction of sp³-hybridized carbons (Fsp3) is 0.167. The number of phenols is 1. The Hall–Kier alpha value is -3.09. The van der Waals surface area contributed by atoms with Crippen LogP contribution in [-0.2, 0) is 0 Å². The summed E-state index contributed by atoms with van der Waals surface area (Å²) in [6, 6.07) is 8.53. The highest BCUT2D eigenvalue weighted by atomic mass is 19.3. The molecular formula is C18H14F2O5. The zero-order chi connectivity index (χ0) is 18.0. The number of alkyl halides is 2. The van der Waals surface area contributed by atoms with E-state index >= 15 is 0 Å². The summed E-state index contributed by atoms with van der Waals surface area (Å²) in [4.78, 5) is 12.3. The Bertz CT molecular complexity index is 845. The van der Waals surface area contributed by atoms with Crippen molar-refractivity contribution in [2.24, 2.45) is 0 Å². The second-order valence-electron chi connectivity index (χ2n) is 5.14. The van der Waals surface area contributed by atoms with E-state index in [1.54, 1.807) is 6.92 Å². The molecule has 25 heavy (non-hydrogen) atoms. The largest absolute Gasteiger partial charge is 0.508 e. The molecule has 0 spiro atoms. The number of rotatable bonds is 5. The number of hydrogen-bond acceptors (Lipinski definition) is 5. The smallest absolute Gasteiger partial charge is 0.387 e. The number of carbonyl (C=O) groups is 1. The van der Waals surface area contributed by atoms with Crippen molar-refractivity contribution in [2.45, 2.75) is 13.5 Å². The van der Waals surface area contributed by atoms with Crippen molar-refractivity contribution in [3.05, 3.63) is 53.3 Å². The summed E-state index contributed by atoms with van der Waals surface area (Å²) < 4.78 is 40.0. The summed E-state index contributed by atoms with van der Waals surface area (Å²) in [5, 5.41) is 9.45. The van der Waals surface area contributed by atoms with Crippen molar-refractivity contribution < 1.29 is 32.9 Å². The fourth-order valence-electron chi connectivity index (χ4n) is 2.40. The SMILES string of the molecule is CCOc1cc(C=C2Oc3cc(O)ccc3C2=O)ccc1OC(F)F. The molecule has 1 N–H and O–H groups in total. The molecule has 3 rings (SSSR count). The molecule has 0 aromatic heterocycles. The summed E-state index contributed by atoms with van der Waals surface area (Å²) in [6.45, 7) is -0.991. The van der Waals surface area contributed by atoms with Crippen LogP contribution in [0.15, 0.2) is 42.2 Å². The Balaban J connectivity index is 1.91. The summed E-state index contributed by atoms with van der Waals surface area (Å²) in [6.07, 6.45) is 1.47. The molecule has 0 bridgehead atoms. The van der Waals surface area contributed by atoms with Crippen LogP contribution < -0.4 is 14.2 Å². The van der Waals surface area contributed by atoms with Gasteiger partial charge in [0.2, 0.25) is 5.78 Å². The highest BCUT2D eigenvalue weighted by Gasteiger charge is 2.27. The number of phenolic OH excluding ortho intramolecular Hbond substituents is 1. The van der Waals surface area contributed by atoms with Crippen molar-refractivity contribution in [1.82, 2.24) is 0 Å². The number of carbonyl (C=O) groups excluding carboxylic acids is 1. The Morgan fingerprint density at radius 3 is 2.72 bits per heavy atom. The maximum absolute atomic E-state index is 12.4. The minimum atomic E-state index is -2.97. The summed E-state index contributed by atoms with van der Waals surface area (Å²) in [5.41, 5.74) is 0.858. The van der Waals surface area contributed by atoms with Crippen LogP contribution in [0, 0.1) is 0 Å². The van der Waals surface area contributed by atoms with Crippen LogP contribution in [0.25, 0.3) is 6.08 Å². The minimum Gasteiger partial charge on any atom is -0.508 e. The van der Waals surface area contributed by atoms with Gasteiger partial charge in [-0.05, 0) is 42.8 Å². The quantitative estimate of drug-likeness (QED) is 0.827. The Labute approximate surface area is 142 Å². The van der Waals surface area contributed by atoms with Gasteiger partial charge in [-0.2, -0.15) is 8.78 Å². The average Bonchev–Trinajstić information content (AvgIpc) is 2.85. The van der Waals surface area contributed by atoms with Crippen LogP contribution in [0.1, 0.15) is 22.8 Å². The third-order valence-corrected chi connectivity index (χ3v) is 3.43. The Morgan fingerprint density at radius 2 is 2.00 bits per heavy atom. The minimum absolute atomic E-state index is 0.0140. The van der Waals surface area contributed by atoms with E-state index in [9.17, 15) is 18.7 Å². The van der Waals surface area contributed by atoms with Gasteiger partial charge in [0.25, 0.3) is 0 Å². The average molecular weight is 348 g/mol. The summed E-state index contributed by atoms with van der Waals surface area (Å²) in [5.74, 6) is 0.0222. The summed E-state index contributed by atoms with van der Waals surface area (Å²) in [7, 11) is 0. The van der Waals surface area contributed by atoms with Crippen molar-refractivity contribution >= 4 is 11.9 Å². The third-order valence-electron chi connectivity index (χ3n) is 3.43. The third kappa shape index (κ3) is 3.55. The summed E-state index contributed by atoms with van der Waals surface area (Å²) >= 11 is 0. The van der Waals surface area contributed by atoms with Crippen LogP contribution in [0.3, 0.4) is 0 Å². The number of halogens is 2. The van der Waals surface area contributed by atoms with Gasteiger partial charge in [0.15, 0.2) is 17.3 Å². The van der Waals surface area contributed by atoms with E-state index < -0.39 is 6.61 Å². The molecule has 130 valence electrons. The van der Waals surface area contributed by atoms with E-state index in [1.807, 2.05) is 0 Å². The zero-order valence-electron chi connectivity index (χ0n) is 13.2. The molecule has 2 aromatic carbocycles. The van der Waals surface area contributed by atoms with E-state index in [4.69, 9.17) is 9.47 Å². The van der Waals surface area contributed by atoms with E-state index in [0.717, 1.165) is 0 Å².